The molecular formula is C13H15BrN2O. The number of fused-ring (bicyclic) bond motifs is 1. The van der Waals surface area contributed by atoms with Crippen molar-refractivity contribution in [2.24, 2.45) is 5.73 Å². The topological polar surface area (TPSA) is 48.0 Å². The van der Waals surface area contributed by atoms with Gasteiger partial charge in [0, 0.05) is 34.2 Å². The fourth-order valence-electron chi connectivity index (χ4n) is 2.13. The lowest BCUT2D eigenvalue weighted by Crippen LogP contribution is -2.18. The zero-order valence-corrected chi connectivity index (χ0v) is 11.5. The molecule has 4 heteroatoms. The smallest absolute Gasteiger partial charge is 0.189 e. The predicted molar refractivity (Wildman–Crippen MR) is 74.2 cm³/mol. The zero-order valence-electron chi connectivity index (χ0n) is 9.90. The Labute approximate surface area is 108 Å². The third-order valence-electron chi connectivity index (χ3n) is 2.82. The maximum Gasteiger partial charge on any atom is 0.189 e. The Hall–Kier alpha value is -1.13. The van der Waals surface area contributed by atoms with Gasteiger partial charge in [0.05, 0.1) is 5.52 Å². The van der Waals surface area contributed by atoms with Gasteiger partial charge < -0.3 is 10.3 Å². The molecule has 0 atom stereocenters. The van der Waals surface area contributed by atoms with Crippen LogP contribution in [0.1, 0.15) is 25.6 Å². The standard InChI is InChI=1S/C13H15BrN2O/c1-8(2)16-10(7-15)6-13(17)11-4-3-9(14)5-12(11)16/h3-6,8H,7,15H2,1-2H3. The van der Waals surface area contributed by atoms with Crippen LogP contribution in [-0.2, 0) is 6.54 Å². The number of aromatic nitrogens is 1. The van der Waals surface area contributed by atoms with Crippen LogP contribution < -0.4 is 11.2 Å². The quantitative estimate of drug-likeness (QED) is 0.926. The van der Waals surface area contributed by atoms with E-state index >= 15 is 0 Å². The molecule has 1 aromatic carbocycles. The fourth-order valence-corrected chi connectivity index (χ4v) is 2.48. The molecule has 0 spiro atoms. The summed E-state index contributed by atoms with van der Waals surface area (Å²) in [6, 6.07) is 7.61. The van der Waals surface area contributed by atoms with Crippen molar-refractivity contribution in [3.63, 3.8) is 0 Å². The molecule has 3 nitrogen and oxygen atoms in total. The van der Waals surface area contributed by atoms with Crippen molar-refractivity contribution in [2.75, 3.05) is 0 Å². The van der Waals surface area contributed by atoms with E-state index in [4.69, 9.17) is 5.73 Å². The molecule has 0 aliphatic rings. The second kappa shape index (κ2) is 4.63. The van der Waals surface area contributed by atoms with Gasteiger partial charge in [-0.15, -0.1) is 0 Å². The predicted octanol–water partition coefficient (Wildman–Crippen LogP) is 2.80. The zero-order chi connectivity index (χ0) is 12.6. The summed E-state index contributed by atoms with van der Waals surface area (Å²) in [5, 5.41) is 0.735. The molecule has 0 saturated carbocycles. The van der Waals surface area contributed by atoms with Crippen molar-refractivity contribution in [3.05, 3.63) is 44.7 Å². The first-order chi connectivity index (χ1) is 8.04. The van der Waals surface area contributed by atoms with Gasteiger partial charge in [-0.2, -0.15) is 0 Å². The summed E-state index contributed by atoms with van der Waals surface area (Å²) in [7, 11) is 0. The highest BCUT2D eigenvalue weighted by molar-refractivity contribution is 9.10. The van der Waals surface area contributed by atoms with Crippen LogP contribution in [0.15, 0.2) is 33.5 Å². The number of pyridine rings is 1. The molecule has 2 aromatic rings. The highest BCUT2D eigenvalue weighted by atomic mass is 79.9. The Balaban J connectivity index is 2.95. The summed E-state index contributed by atoms with van der Waals surface area (Å²) < 4.78 is 3.08. The molecular weight excluding hydrogens is 280 g/mol. The van der Waals surface area contributed by atoms with Gasteiger partial charge in [-0.3, -0.25) is 4.79 Å². The lowest BCUT2D eigenvalue weighted by molar-refractivity contribution is 0.588. The number of hydrogen-bond acceptors (Lipinski definition) is 2. The number of benzene rings is 1. The third kappa shape index (κ3) is 2.15. The molecule has 2 N–H and O–H groups in total. The van der Waals surface area contributed by atoms with E-state index < -0.39 is 0 Å². The van der Waals surface area contributed by atoms with E-state index in [-0.39, 0.29) is 11.5 Å². The Morgan fingerprint density at radius 1 is 1.35 bits per heavy atom. The Morgan fingerprint density at radius 2 is 2.06 bits per heavy atom. The Morgan fingerprint density at radius 3 is 2.65 bits per heavy atom. The molecule has 0 bridgehead atoms. The first-order valence-corrected chi connectivity index (χ1v) is 6.37. The van der Waals surface area contributed by atoms with Gasteiger partial charge >= 0.3 is 0 Å². The minimum Gasteiger partial charge on any atom is -0.341 e. The number of hydrogen-bond donors (Lipinski definition) is 1. The first-order valence-electron chi connectivity index (χ1n) is 5.58. The lowest BCUT2D eigenvalue weighted by Gasteiger charge is -2.19. The van der Waals surface area contributed by atoms with E-state index in [0.717, 1.165) is 21.1 Å². The molecule has 0 amide bonds. The van der Waals surface area contributed by atoms with Crippen LogP contribution in [0, 0.1) is 0 Å². The molecule has 0 fully saturated rings. The van der Waals surface area contributed by atoms with Gasteiger partial charge in [-0.05, 0) is 32.0 Å². The van der Waals surface area contributed by atoms with E-state index in [9.17, 15) is 4.79 Å². The van der Waals surface area contributed by atoms with Gasteiger partial charge in [-0.25, -0.2) is 0 Å². The summed E-state index contributed by atoms with van der Waals surface area (Å²) in [6.07, 6.45) is 0. The van der Waals surface area contributed by atoms with Gasteiger partial charge in [-0.1, -0.05) is 15.9 Å². The number of nitrogens with two attached hydrogens (primary N) is 1. The van der Waals surface area contributed by atoms with Crippen molar-refractivity contribution in [3.8, 4) is 0 Å². The van der Waals surface area contributed by atoms with E-state index in [1.807, 2.05) is 18.2 Å². The van der Waals surface area contributed by atoms with Crippen LogP contribution in [-0.4, -0.2) is 4.57 Å². The number of halogens is 1. The van der Waals surface area contributed by atoms with Crippen molar-refractivity contribution < 1.29 is 0 Å². The Bertz CT molecular complexity index is 617. The molecule has 0 saturated heterocycles. The third-order valence-corrected chi connectivity index (χ3v) is 3.31. The van der Waals surface area contributed by atoms with Gasteiger partial charge in [0.15, 0.2) is 5.43 Å². The van der Waals surface area contributed by atoms with E-state index in [0.29, 0.717) is 6.54 Å². The SMILES string of the molecule is CC(C)n1c(CN)cc(=O)c2ccc(Br)cc21. The van der Waals surface area contributed by atoms with Crippen molar-refractivity contribution >= 4 is 26.8 Å². The fraction of sp³-hybridized carbons (Fsp3) is 0.308. The molecule has 17 heavy (non-hydrogen) atoms. The van der Waals surface area contributed by atoms with Crippen molar-refractivity contribution in [2.45, 2.75) is 26.4 Å². The van der Waals surface area contributed by atoms with Gasteiger partial charge in [0.2, 0.25) is 0 Å². The second-order valence-corrected chi connectivity index (χ2v) is 5.24. The molecule has 1 aromatic heterocycles. The molecule has 1 heterocycles. The second-order valence-electron chi connectivity index (χ2n) is 4.33. The highest BCUT2D eigenvalue weighted by Gasteiger charge is 2.10. The monoisotopic (exact) mass is 294 g/mol. The van der Waals surface area contributed by atoms with Crippen LogP contribution in [0.25, 0.3) is 10.9 Å². The summed E-state index contributed by atoms with van der Waals surface area (Å²) in [5.74, 6) is 0. The van der Waals surface area contributed by atoms with Gasteiger partial charge in [0.25, 0.3) is 0 Å². The summed E-state index contributed by atoms with van der Waals surface area (Å²) >= 11 is 3.44. The van der Waals surface area contributed by atoms with Crippen LogP contribution in [0.4, 0.5) is 0 Å². The lowest BCUT2D eigenvalue weighted by atomic mass is 10.1. The molecule has 0 aliphatic heterocycles. The van der Waals surface area contributed by atoms with Crippen molar-refractivity contribution in [1.82, 2.24) is 4.57 Å². The van der Waals surface area contributed by atoms with Crippen molar-refractivity contribution in [1.29, 1.82) is 0 Å². The van der Waals surface area contributed by atoms with Crippen LogP contribution in [0.2, 0.25) is 0 Å². The van der Waals surface area contributed by atoms with E-state index in [1.54, 1.807) is 6.07 Å². The minimum absolute atomic E-state index is 0.0323. The molecule has 90 valence electrons. The average Bonchev–Trinajstić information content (AvgIpc) is 2.27. The number of rotatable bonds is 2. The average molecular weight is 295 g/mol. The molecule has 0 aliphatic carbocycles. The van der Waals surface area contributed by atoms with Crippen LogP contribution in [0.3, 0.4) is 0 Å². The molecule has 0 radical (unpaired) electrons. The highest BCUT2D eigenvalue weighted by Crippen LogP contribution is 2.22. The van der Waals surface area contributed by atoms with Crippen LogP contribution in [0.5, 0.6) is 0 Å². The summed E-state index contributed by atoms with van der Waals surface area (Å²) in [5.41, 5.74) is 7.55. The largest absolute Gasteiger partial charge is 0.341 e. The van der Waals surface area contributed by atoms with Gasteiger partial charge in [0.1, 0.15) is 0 Å². The normalized spacial score (nSPS) is 11.4. The summed E-state index contributed by atoms with van der Waals surface area (Å²) in [4.78, 5) is 12.0. The van der Waals surface area contributed by atoms with Crippen LogP contribution >= 0.6 is 15.9 Å². The van der Waals surface area contributed by atoms with E-state index in [2.05, 4.69) is 34.3 Å². The molecule has 0 unspecified atom stereocenters. The maximum absolute atomic E-state index is 12.0. The minimum atomic E-state index is 0.0323. The summed E-state index contributed by atoms with van der Waals surface area (Å²) in [6.45, 7) is 4.55. The first kappa shape index (κ1) is 12.3. The molecule has 2 rings (SSSR count). The number of nitrogens with zero attached hydrogens (tertiary/aromatic N) is 1. The van der Waals surface area contributed by atoms with E-state index in [1.165, 1.54) is 0 Å². The maximum atomic E-state index is 12.0. The Kier molecular flexibility index (Phi) is 3.35.